The van der Waals surface area contributed by atoms with Crippen LogP contribution in [0.25, 0.3) is 0 Å². The van der Waals surface area contributed by atoms with E-state index in [1.54, 1.807) is 24.3 Å². The zero-order chi connectivity index (χ0) is 23.9. The number of amides is 1. The summed E-state index contributed by atoms with van der Waals surface area (Å²) in [7, 11) is 0. The van der Waals surface area contributed by atoms with Crippen LogP contribution < -0.4 is 19.7 Å². The minimum Gasteiger partial charge on any atom is -0.455 e. The van der Waals surface area contributed by atoms with Gasteiger partial charge in [-0.1, -0.05) is 49.2 Å². The van der Waals surface area contributed by atoms with Gasteiger partial charge in [-0.3, -0.25) is 10.1 Å². The minimum atomic E-state index is -0.425. The largest absolute Gasteiger partial charge is 0.455 e. The van der Waals surface area contributed by atoms with Crippen molar-refractivity contribution in [3.8, 4) is 11.5 Å². The van der Waals surface area contributed by atoms with E-state index in [0.717, 1.165) is 42.7 Å². The number of ether oxygens (including phenoxy) is 2. The van der Waals surface area contributed by atoms with Crippen molar-refractivity contribution in [2.45, 2.75) is 38.9 Å². The SMILES string of the molecule is CCCCC(Oc1ccc(Cl)cc1)Oc1cccc2c1CCN2C(=S)NC(=O)c1ccccc1. The molecule has 1 amide bonds. The van der Waals surface area contributed by atoms with Gasteiger partial charge < -0.3 is 14.4 Å². The number of carbonyl (C=O) groups excluding carboxylic acids is 1. The molecule has 0 aromatic heterocycles. The van der Waals surface area contributed by atoms with Gasteiger partial charge in [0.05, 0.1) is 5.69 Å². The van der Waals surface area contributed by atoms with Crippen molar-refractivity contribution >= 4 is 40.5 Å². The predicted octanol–water partition coefficient (Wildman–Crippen LogP) is 6.39. The summed E-state index contributed by atoms with van der Waals surface area (Å²) in [5, 5.41) is 3.89. The van der Waals surface area contributed by atoms with Crippen molar-refractivity contribution in [2.75, 3.05) is 11.4 Å². The van der Waals surface area contributed by atoms with Crippen LogP contribution in [0.1, 0.15) is 42.1 Å². The molecule has 7 heteroatoms. The van der Waals surface area contributed by atoms with Gasteiger partial charge in [0.2, 0.25) is 6.29 Å². The van der Waals surface area contributed by atoms with E-state index in [1.807, 2.05) is 53.4 Å². The van der Waals surface area contributed by atoms with E-state index in [9.17, 15) is 4.79 Å². The van der Waals surface area contributed by atoms with Gasteiger partial charge in [-0.15, -0.1) is 0 Å². The maximum atomic E-state index is 12.6. The summed E-state index contributed by atoms with van der Waals surface area (Å²) in [6.07, 6.45) is 3.12. The number of halogens is 1. The number of anilines is 1. The van der Waals surface area contributed by atoms with Crippen LogP contribution in [0.2, 0.25) is 5.02 Å². The van der Waals surface area contributed by atoms with Crippen LogP contribution in [0.15, 0.2) is 72.8 Å². The molecule has 4 rings (SSSR count). The third kappa shape index (κ3) is 5.88. The molecule has 0 saturated carbocycles. The zero-order valence-electron chi connectivity index (χ0n) is 19.0. The van der Waals surface area contributed by atoms with Gasteiger partial charge in [0.25, 0.3) is 5.91 Å². The highest BCUT2D eigenvalue weighted by molar-refractivity contribution is 7.80. The molecule has 1 N–H and O–H groups in total. The van der Waals surface area contributed by atoms with Crippen LogP contribution >= 0.6 is 23.8 Å². The van der Waals surface area contributed by atoms with Crippen LogP contribution in [-0.2, 0) is 6.42 Å². The molecule has 1 aliphatic rings. The van der Waals surface area contributed by atoms with E-state index in [2.05, 4.69) is 12.2 Å². The Labute approximate surface area is 210 Å². The lowest BCUT2D eigenvalue weighted by atomic mass is 10.1. The fourth-order valence-electron chi connectivity index (χ4n) is 3.87. The zero-order valence-corrected chi connectivity index (χ0v) is 20.6. The maximum absolute atomic E-state index is 12.6. The number of hydrogen-bond donors (Lipinski definition) is 1. The highest BCUT2D eigenvalue weighted by atomic mass is 35.5. The second-order valence-electron chi connectivity index (χ2n) is 8.04. The summed E-state index contributed by atoms with van der Waals surface area (Å²) >= 11 is 11.6. The summed E-state index contributed by atoms with van der Waals surface area (Å²) in [5.41, 5.74) is 2.57. The fourth-order valence-corrected chi connectivity index (χ4v) is 4.28. The molecular formula is C27H27ClN2O3S. The Bertz CT molecular complexity index is 1140. The average molecular weight is 495 g/mol. The number of fused-ring (bicyclic) bond motifs is 1. The Hall–Kier alpha value is -3.09. The molecular weight excluding hydrogens is 468 g/mol. The molecule has 1 heterocycles. The van der Waals surface area contributed by atoms with Crippen LogP contribution in [0.4, 0.5) is 5.69 Å². The van der Waals surface area contributed by atoms with Crippen molar-refractivity contribution in [1.29, 1.82) is 0 Å². The molecule has 3 aromatic rings. The van der Waals surface area contributed by atoms with Crippen molar-refractivity contribution in [3.63, 3.8) is 0 Å². The van der Waals surface area contributed by atoms with E-state index in [-0.39, 0.29) is 5.91 Å². The number of rotatable bonds is 8. The highest BCUT2D eigenvalue weighted by Crippen LogP contribution is 2.36. The van der Waals surface area contributed by atoms with E-state index in [1.165, 1.54) is 0 Å². The van der Waals surface area contributed by atoms with Crippen LogP contribution in [0, 0.1) is 0 Å². The summed E-state index contributed by atoms with van der Waals surface area (Å²) in [4.78, 5) is 14.5. The Morgan fingerprint density at radius 2 is 1.82 bits per heavy atom. The number of unbranched alkanes of at least 4 members (excludes halogenated alkanes) is 1. The smallest absolute Gasteiger partial charge is 0.257 e. The minimum absolute atomic E-state index is 0.220. The number of carbonyl (C=O) groups is 1. The van der Waals surface area contributed by atoms with Crippen molar-refractivity contribution in [1.82, 2.24) is 5.32 Å². The van der Waals surface area contributed by atoms with Crippen molar-refractivity contribution in [3.05, 3.63) is 88.9 Å². The lowest BCUT2D eigenvalue weighted by Gasteiger charge is -2.23. The van der Waals surface area contributed by atoms with Gasteiger partial charge in [-0.2, -0.15) is 0 Å². The summed E-state index contributed by atoms with van der Waals surface area (Å²) in [6, 6.07) is 22.2. The van der Waals surface area contributed by atoms with Gasteiger partial charge >= 0.3 is 0 Å². The monoisotopic (exact) mass is 494 g/mol. The molecule has 1 unspecified atom stereocenters. The van der Waals surface area contributed by atoms with Gasteiger partial charge in [-0.05, 0) is 73.6 Å². The third-order valence-corrected chi connectivity index (χ3v) is 6.19. The number of thiocarbonyl (C=S) groups is 1. The third-order valence-electron chi connectivity index (χ3n) is 5.62. The molecule has 5 nitrogen and oxygen atoms in total. The topological polar surface area (TPSA) is 50.8 Å². The fraction of sp³-hybridized carbons (Fsp3) is 0.259. The van der Waals surface area contributed by atoms with E-state index in [0.29, 0.717) is 28.0 Å². The first kappa shape index (κ1) is 24.0. The molecule has 0 saturated heterocycles. The van der Waals surface area contributed by atoms with Crippen molar-refractivity contribution < 1.29 is 14.3 Å². The second kappa shape index (κ2) is 11.4. The average Bonchev–Trinajstić information content (AvgIpc) is 3.30. The predicted molar refractivity (Wildman–Crippen MR) is 140 cm³/mol. The van der Waals surface area contributed by atoms with Crippen LogP contribution in [0.5, 0.6) is 11.5 Å². The number of benzene rings is 3. The van der Waals surface area contributed by atoms with E-state index in [4.69, 9.17) is 33.3 Å². The molecule has 0 fully saturated rings. The molecule has 0 radical (unpaired) electrons. The maximum Gasteiger partial charge on any atom is 0.257 e. The summed E-state index contributed by atoms with van der Waals surface area (Å²) in [5.74, 6) is 1.26. The number of nitrogens with zero attached hydrogens (tertiary/aromatic N) is 1. The van der Waals surface area contributed by atoms with Crippen LogP contribution in [0.3, 0.4) is 0 Å². The molecule has 0 spiro atoms. The Kier molecular flexibility index (Phi) is 8.03. The molecule has 1 aliphatic heterocycles. The Morgan fingerprint density at radius 3 is 2.56 bits per heavy atom. The lowest BCUT2D eigenvalue weighted by Crippen LogP contribution is -2.41. The first-order valence-electron chi connectivity index (χ1n) is 11.4. The normalized spacial score (nSPS) is 13.2. The van der Waals surface area contributed by atoms with E-state index >= 15 is 0 Å². The summed E-state index contributed by atoms with van der Waals surface area (Å²) < 4.78 is 12.5. The number of nitrogens with one attached hydrogen (secondary N) is 1. The van der Waals surface area contributed by atoms with Crippen LogP contribution in [-0.4, -0.2) is 23.9 Å². The molecule has 3 aromatic carbocycles. The quantitative estimate of drug-likeness (QED) is 0.290. The lowest BCUT2D eigenvalue weighted by molar-refractivity contribution is -0.00265. The number of hydrogen-bond acceptors (Lipinski definition) is 4. The van der Waals surface area contributed by atoms with Gasteiger partial charge in [-0.25, -0.2) is 0 Å². The molecule has 34 heavy (non-hydrogen) atoms. The van der Waals surface area contributed by atoms with E-state index < -0.39 is 6.29 Å². The first-order valence-corrected chi connectivity index (χ1v) is 12.2. The Balaban J connectivity index is 1.48. The second-order valence-corrected chi connectivity index (χ2v) is 8.87. The molecule has 1 atom stereocenters. The van der Waals surface area contributed by atoms with Crippen molar-refractivity contribution in [2.24, 2.45) is 0 Å². The molecule has 176 valence electrons. The summed E-state index contributed by atoms with van der Waals surface area (Å²) in [6.45, 7) is 2.81. The van der Waals surface area contributed by atoms with Gasteiger partial charge in [0, 0.05) is 29.1 Å². The van der Waals surface area contributed by atoms with Gasteiger partial charge in [0.1, 0.15) is 11.5 Å². The molecule has 0 aliphatic carbocycles. The first-order chi connectivity index (χ1) is 16.5. The highest BCUT2D eigenvalue weighted by Gasteiger charge is 2.27. The van der Waals surface area contributed by atoms with Gasteiger partial charge in [0.15, 0.2) is 5.11 Å². The Morgan fingerprint density at radius 1 is 1.06 bits per heavy atom. The molecule has 0 bridgehead atoms. The standard InChI is InChI=1S/C27H27ClN2O3S/c1-2-3-12-25(32-21-15-13-20(28)14-16-21)33-24-11-7-10-23-22(24)17-18-30(23)27(34)29-26(31)19-8-5-4-6-9-19/h4-11,13-16,25H,2-3,12,17-18H2,1H3,(H,29,31,34).